The predicted molar refractivity (Wildman–Crippen MR) is 167 cm³/mol. The van der Waals surface area contributed by atoms with Crippen LogP contribution in [0, 0.1) is 12.7 Å². The fourth-order valence-corrected chi connectivity index (χ4v) is 5.08. The minimum atomic E-state index is -0.325. The second-order valence-corrected chi connectivity index (χ2v) is 10.3. The summed E-state index contributed by atoms with van der Waals surface area (Å²) in [6.45, 7) is 4.62. The number of nitrogens with one attached hydrogen (secondary N) is 1. The predicted octanol–water partition coefficient (Wildman–Crippen LogP) is 8.10. The highest BCUT2D eigenvalue weighted by Gasteiger charge is 2.13. The summed E-state index contributed by atoms with van der Waals surface area (Å²) in [5.41, 5.74) is 8.87. The highest BCUT2D eigenvalue weighted by Crippen LogP contribution is 2.37. The van der Waals surface area contributed by atoms with Crippen LogP contribution in [0.2, 0.25) is 0 Å². The van der Waals surface area contributed by atoms with Gasteiger partial charge in [-0.05, 0) is 107 Å². The van der Waals surface area contributed by atoms with Crippen molar-refractivity contribution in [1.82, 2.24) is 9.99 Å². The maximum absolute atomic E-state index is 13.2. The van der Waals surface area contributed by atoms with Crippen LogP contribution in [-0.4, -0.2) is 23.3 Å². The van der Waals surface area contributed by atoms with Crippen molar-refractivity contribution >= 4 is 28.1 Å². The number of hydrogen-bond acceptors (Lipinski definition) is 4. The quantitative estimate of drug-likeness (QED) is 0.126. The molecule has 1 amide bonds. The van der Waals surface area contributed by atoms with Gasteiger partial charge in [-0.15, -0.1) is 0 Å². The minimum Gasteiger partial charge on any atom is -0.490 e. The van der Waals surface area contributed by atoms with Crippen LogP contribution >= 0.6 is 15.9 Å². The number of ether oxygens (including phenoxy) is 2. The number of aryl methyl sites for hydroxylation is 1. The molecule has 0 saturated carbocycles. The Balaban J connectivity index is 1.26. The van der Waals surface area contributed by atoms with Gasteiger partial charge in [-0.3, -0.25) is 4.79 Å². The van der Waals surface area contributed by atoms with Gasteiger partial charge in [0.25, 0.3) is 5.91 Å². The number of aromatic nitrogens is 1. The number of halogens is 2. The van der Waals surface area contributed by atoms with Crippen molar-refractivity contribution in [3.8, 4) is 28.4 Å². The molecule has 0 aliphatic heterocycles. The number of benzene rings is 4. The topological polar surface area (TPSA) is 64.8 Å². The molecule has 212 valence electrons. The van der Waals surface area contributed by atoms with E-state index in [0.29, 0.717) is 33.7 Å². The van der Waals surface area contributed by atoms with Crippen molar-refractivity contribution in [2.75, 3.05) is 6.61 Å². The summed E-state index contributed by atoms with van der Waals surface area (Å²) in [6.07, 6.45) is 1.54. The van der Waals surface area contributed by atoms with Crippen LogP contribution in [0.15, 0.2) is 113 Å². The maximum Gasteiger partial charge on any atom is 0.271 e. The third kappa shape index (κ3) is 6.78. The van der Waals surface area contributed by atoms with Crippen molar-refractivity contribution in [3.63, 3.8) is 0 Å². The van der Waals surface area contributed by atoms with Crippen LogP contribution in [0.25, 0.3) is 16.9 Å². The summed E-state index contributed by atoms with van der Waals surface area (Å²) in [7, 11) is 0. The monoisotopic (exact) mass is 625 g/mol. The molecule has 1 N–H and O–H groups in total. The van der Waals surface area contributed by atoms with Crippen LogP contribution in [0.5, 0.6) is 11.5 Å². The first-order valence-corrected chi connectivity index (χ1v) is 14.2. The summed E-state index contributed by atoms with van der Waals surface area (Å²) < 4.78 is 27.8. The van der Waals surface area contributed by atoms with Crippen molar-refractivity contribution in [2.45, 2.75) is 20.5 Å². The molecule has 4 aromatic carbocycles. The zero-order chi connectivity index (χ0) is 29.5. The molecule has 8 heteroatoms. The molecule has 6 nitrogen and oxygen atoms in total. The smallest absolute Gasteiger partial charge is 0.271 e. The molecular formula is C34H29BrFN3O3. The van der Waals surface area contributed by atoms with Gasteiger partial charge in [-0.1, -0.05) is 42.5 Å². The lowest BCUT2D eigenvalue weighted by Gasteiger charge is -2.14. The number of carbonyl (C=O) groups excluding carboxylic acids is 1. The Kier molecular flexibility index (Phi) is 9.14. The molecular weight excluding hydrogens is 597 g/mol. The lowest BCUT2D eigenvalue weighted by atomic mass is 10.1. The third-order valence-electron chi connectivity index (χ3n) is 6.54. The molecule has 0 fully saturated rings. The number of hydrazone groups is 1. The summed E-state index contributed by atoms with van der Waals surface area (Å²) >= 11 is 3.54. The van der Waals surface area contributed by atoms with Crippen molar-refractivity contribution in [2.24, 2.45) is 5.10 Å². The molecule has 1 heterocycles. The van der Waals surface area contributed by atoms with Crippen molar-refractivity contribution in [3.05, 3.63) is 136 Å². The van der Waals surface area contributed by atoms with E-state index in [1.165, 1.54) is 12.1 Å². The van der Waals surface area contributed by atoms with Crippen molar-refractivity contribution < 1.29 is 18.7 Å². The van der Waals surface area contributed by atoms with Crippen molar-refractivity contribution in [1.29, 1.82) is 0 Å². The Hall–Kier alpha value is -4.69. The molecule has 0 spiro atoms. The highest BCUT2D eigenvalue weighted by molar-refractivity contribution is 9.10. The van der Waals surface area contributed by atoms with E-state index in [-0.39, 0.29) is 18.3 Å². The highest BCUT2D eigenvalue weighted by atomic mass is 79.9. The van der Waals surface area contributed by atoms with Gasteiger partial charge in [-0.2, -0.15) is 5.10 Å². The Morgan fingerprint density at radius 1 is 0.952 bits per heavy atom. The fraction of sp³-hybridized carbons (Fsp3) is 0.118. The second kappa shape index (κ2) is 13.3. The molecule has 0 saturated heterocycles. The van der Waals surface area contributed by atoms with E-state index in [4.69, 9.17) is 9.47 Å². The van der Waals surface area contributed by atoms with Gasteiger partial charge in [0.2, 0.25) is 0 Å². The van der Waals surface area contributed by atoms with Gasteiger partial charge in [-0.25, -0.2) is 9.82 Å². The van der Waals surface area contributed by atoms with E-state index in [0.717, 1.165) is 28.2 Å². The first-order valence-electron chi connectivity index (χ1n) is 13.4. The Bertz CT molecular complexity index is 1700. The molecule has 0 unspecified atom stereocenters. The molecule has 0 radical (unpaired) electrons. The average Bonchev–Trinajstić information content (AvgIpc) is 3.39. The zero-order valence-electron chi connectivity index (χ0n) is 23.2. The van der Waals surface area contributed by atoms with E-state index in [1.807, 2.05) is 43.3 Å². The molecule has 1 aromatic heterocycles. The molecule has 5 rings (SSSR count). The molecule has 42 heavy (non-hydrogen) atoms. The van der Waals surface area contributed by atoms with Gasteiger partial charge in [0.15, 0.2) is 11.5 Å². The van der Waals surface area contributed by atoms with Gasteiger partial charge >= 0.3 is 0 Å². The minimum absolute atomic E-state index is 0.249. The normalized spacial score (nSPS) is 11.0. The van der Waals surface area contributed by atoms with Gasteiger partial charge in [0.1, 0.15) is 12.4 Å². The van der Waals surface area contributed by atoms with Crippen LogP contribution in [0.4, 0.5) is 4.39 Å². The molecule has 0 atom stereocenters. The van der Waals surface area contributed by atoms with Gasteiger partial charge in [0.05, 0.1) is 23.0 Å². The van der Waals surface area contributed by atoms with E-state index < -0.39 is 0 Å². The van der Waals surface area contributed by atoms with Gasteiger partial charge in [0, 0.05) is 16.9 Å². The summed E-state index contributed by atoms with van der Waals surface area (Å²) in [4.78, 5) is 12.8. The average molecular weight is 627 g/mol. The maximum atomic E-state index is 13.2. The molecule has 0 bridgehead atoms. The summed E-state index contributed by atoms with van der Waals surface area (Å²) in [5, 5.41) is 4.15. The Labute approximate surface area is 252 Å². The van der Waals surface area contributed by atoms with Crippen LogP contribution in [-0.2, 0) is 6.61 Å². The number of rotatable bonds is 10. The molecule has 0 aliphatic rings. The summed E-state index contributed by atoms with van der Waals surface area (Å²) in [5.74, 6) is 0.420. The number of nitrogens with zero attached hydrogens (tertiary/aromatic N) is 2. The number of hydrogen-bond donors (Lipinski definition) is 1. The van der Waals surface area contributed by atoms with E-state index in [2.05, 4.69) is 62.2 Å². The van der Waals surface area contributed by atoms with Crippen LogP contribution in [0.1, 0.15) is 34.1 Å². The third-order valence-corrected chi connectivity index (χ3v) is 7.13. The SMILES string of the molecule is CCOc1cc(/C=N/NC(=O)c2ccc(-n3c(C)ccc3-c3ccccc3)cc2)cc(Br)c1OCc1ccc(F)cc1. The number of amides is 1. The second-order valence-electron chi connectivity index (χ2n) is 9.49. The molecule has 0 aliphatic carbocycles. The zero-order valence-corrected chi connectivity index (χ0v) is 24.8. The Morgan fingerprint density at radius 2 is 1.69 bits per heavy atom. The molecule has 5 aromatic rings. The first kappa shape index (κ1) is 28.8. The largest absolute Gasteiger partial charge is 0.490 e. The summed E-state index contributed by atoms with van der Waals surface area (Å²) in [6, 6.07) is 31.5. The number of carbonyl (C=O) groups is 1. The van der Waals surface area contributed by atoms with E-state index in [9.17, 15) is 9.18 Å². The lowest BCUT2D eigenvalue weighted by Crippen LogP contribution is -2.17. The van der Waals surface area contributed by atoms with E-state index >= 15 is 0 Å². The fourth-order valence-electron chi connectivity index (χ4n) is 4.51. The standard InChI is InChI=1S/C34H29BrFN3O3/c1-3-41-32-20-25(19-30(35)33(32)42-22-24-10-14-28(36)15-11-24)21-37-38-34(40)27-12-16-29(17-13-27)39-23(2)9-18-31(39)26-7-5-4-6-8-26/h4-21H,3,22H2,1-2H3,(H,38,40)/b37-21+. The van der Waals surface area contributed by atoms with Crippen LogP contribution in [0.3, 0.4) is 0 Å². The van der Waals surface area contributed by atoms with Gasteiger partial charge < -0.3 is 14.0 Å². The van der Waals surface area contributed by atoms with Crippen LogP contribution < -0.4 is 14.9 Å². The lowest BCUT2D eigenvalue weighted by molar-refractivity contribution is 0.0955. The first-order chi connectivity index (χ1) is 20.4. The van der Waals surface area contributed by atoms with E-state index in [1.54, 1.807) is 36.5 Å². The Morgan fingerprint density at radius 3 is 2.40 bits per heavy atom.